The highest BCUT2D eigenvalue weighted by atomic mass is 32.2. The molecule has 0 saturated carbocycles. The summed E-state index contributed by atoms with van der Waals surface area (Å²) in [4.78, 5) is 13.2. The smallest absolute Gasteiger partial charge is 0.264 e. The lowest BCUT2D eigenvalue weighted by molar-refractivity contribution is -0.120. The summed E-state index contributed by atoms with van der Waals surface area (Å²) in [5, 5.41) is 2.88. The number of anilines is 1. The molecule has 3 aromatic carbocycles. The van der Waals surface area contributed by atoms with Crippen LogP contribution in [0.4, 0.5) is 5.69 Å². The monoisotopic (exact) mass is 512 g/mol. The van der Waals surface area contributed by atoms with Gasteiger partial charge in [0.25, 0.3) is 10.0 Å². The molecule has 0 bridgehead atoms. The molecule has 3 aromatic rings. The molecule has 0 fully saturated rings. The van der Waals surface area contributed by atoms with E-state index in [9.17, 15) is 13.2 Å². The average Bonchev–Trinajstić information content (AvgIpc) is 2.91. The summed E-state index contributed by atoms with van der Waals surface area (Å²) >= 11 is 0. The van der Waals surface area contributed by atoms with Gasteiger partial charge in [-0.1, -0.05) is 24.3 Å². The second kappa shape index (κ2) is 10.8. The summed E-state index contributed by atoms with van der Waals surface area (Å²) in [5.74, 6) is 1.46. The number of carbonyl (C=O) groups excluding carboxylic acids is 1. The Morgan fingerprint density at radius 1 is 0.972 bits per heavy atom. The van der Waals surface area contributed by atoms with Crippen LogP contribution in [0.2, 0.25) is 0 Å². The van der Waals surface area contributed by atoms with Crippen LogP contribution in [0.1, 0.15) is 18.5 Å². The molecule has 1 atom stereocenters. The van der Waals surface area contributed by atoms with Gasteiger partial charge in [0.2, 0.25) is 5.91 Å². The number of sulfonamides is 1. The zero-order chi connectivity index (χ0) is 25.7. The summed E-state index contributed by atoms with van der Waals surface area (Å²) in [6, 6.07) is 17.7. The zero-order valence-electron chi connectivity index (χ0n) is 20.3. The van der Waals surface area contributed by atoms with Gasteiger partial charge in [-0.05, 0) is 48.9 Å². The number of ether oxygens (including phenoxy) is 4. The second-order valence-corrected chi connectivity index (χ2v) is 9.92. The molecule has 36 heavy (non-hydrogen) atoms. The van der Waals surface area contributed by atoms with Crippen LogP contribution in [0.25, 0.3) is 0 Å². The third-order valence-electron chi connectivity index (χ3n) is 5.72. The van der Waals surface area contributed by atoms with Crippen molar-refractivity contribution >= 4 is 21.6 Å². The first-order chi connectivity index (χ1) is 17.3. The number of benzene rings is 3. The Bertz CT molecular complexity index is 1330. The predicted molar refractivity (Wildman–Crippen MR) is 135 cm³/mol. The Labute approximate surface area is 210 Å². The van der Waals surface area contributed by atoms with Crippen molar-refractivity contribution < 1.29 is 32.2 Å². The van der Waals surface area contributed by atoms with Gasteiger partial charge in [-0.25, -0.2) is 8.42 Å². The van der Waals surface area contributed by atoms with E-state index in [-0.39, 0.29) is 16.3 Å². The third-order valence-corrected chi connectivity index (χ3v) is 7.49. The van der Waals surface area contributed by atoms with Crippen molar-refractivity contribution in [3.8, 4) is 23.0 Å². The Morgan fingerprint density at radius 2 is 1.69 bits per heavy atom. The van der Waals surface area contributed by atoms with Gasteiger partial charge in [0.05, 0.1) is 30.8 Å². The number of hydrogen-bond donors (Lipinski definition) is 1. The van der Waals surface area contributed by atoms with E-state index in [1.807, 2.05) is 19.1 Å². The van der Waals surface area contributed by atoms with Crippen LogP contribution < -0.4 is 28.6 Å². The highest BCUT2D eigenvalue weighted by molar-refractivity contribution is 7.92. The Kier molecular flexibility index (Phi) is 7.54. The van der Waals surface area contributed by atoms with E-state index in [2.05, 4.69) is 5.32 Å². The summed E-state index contributed by atoms with van der Waals surface area (Å²) in [6.07, 6.45) is 0. The highest BCUT2D eigenvalue weighted by Crippen LogP contribution is 2.36. The first kappa shape index (κ1) is 25.2. The highest BCUT2D eigenvalue weighted by Gasteiger charge is 2.30. The molecule has 0 unspecified atom stereocenters. The zero-order valence-corrected chi connectivity index (χ0v) is 21.1. The standard InChI is InChI=1S/C26H28N2O7S/c1-18(19-9-11-24-25(15-19)35-14-13-34-24)27-26(29)17-28(36(30,31)21-7-5-4-6-8-21)22-16-20(32-2)10-12-23(22)33-3/h4-12,15-16,18H,13-14,17H2,1-3H3,(H,27,29)/t18-/m0/s1. The number of hydrogen-bond acceptors (Lipinski definition) is 7. The minimum absolute atomic E-state index is 0.0440. The molecular weight excluding hydrogens is 484 g/mol. The summed E-state index contributed by atoms with van der Waals surface area (Å²) < 4.78 is 50.3. The SMILES string of the molecule is COc1ccc(OC)c(N(CC(=O)N[C@@H](C)c2ccc3c(c2)OCCO3)S(=O)(=O)c2ccccc2)c1. The quantitative estimate of drug-likeness (QED) is 0.468. The number of rotatable bonds is 9. The number of carbonyl (C=O) groups is 1. The maximum atomic E-state index is 13.7. The van der Waals surface area contributed by atoms with E-state index in [0.717, 1.165) is 9.87 Å². The first-order valence-electron chi connectivity index (χ1n) is 11.3. The Hall–Kier alpha value is -3.92. The summed E-state index contributed by atoms with van der Waals surface area (Å²) in [7, 11) is -1.21. The molecule has 1 amide bonds. The van der Waals surface area contributed by atoms with Crippen molar-refractivity contribution in [1.29, 1.82) is 0 Å². The minimum Gasteiger partial charge on any atom is -0.497 e. The normalized spacial score (nSPS) is 13.4. The third kappa shape index (κ3) is 5.33. The van der Waals surface area contributed by atoms with Crippen LogP contribution in [0.5, 0.6) is 23.0 Å². The van der Waals surface area contributed by atoms with E-state index in [4.69, 9.17) is 18.9 Å². The number of fused-ring (bicyclic) bond motifs is 1. The maximum absolute atomic E-state index is 13.7. The summed E-state index contributed by atoms with van der Waals surface area (Å²) in [6.45, 7) is 2.27. The van der Waals surface area contributed by atoms with Gasteiger partial charge >= 0.3 is 0 Å². The molecule has 0 spiro atoms. The van der Waals surface area contributed by atoms with Crippen molar-refractivity contribution in [2.75, 3.05) is 38.3 Å². The van der Waals surface area contributed by atoms with E-state index < -0.39 is 28.5 Å². The van der Waals surface area contributed by atoms with E-state index >= 15 is 0 Å². The van der Waals surface area contributed by atoms with Gasteiger partial charge in [-0.3, -0.25) is 9.10 Å². The van der Waals surface area contributed by atoms with Crippen LogP contribution in [0.3, 0.4) is 0 Å². The van der Waals surface area contributed by atoms with Crippen molar-refractivity contribution in [3.05, 3.63) is 72.3 Å². The second-order valence-electron chi connectivity index (χ2n) is 8.05. The molecule has 0 aliphatic carbocycles. The van der Waals surface area contributed by atoms with E-state index in [1.165, 1.54) is 32.4 Å². The molecular formula is C26H28N2O7S. The summed E-state index contributed by atoms with van der Waals surface area (Å²) in [5.41, 5.74) is 0.979. The van der Waals surface area contributed by atoms with Crippen LogP contribution >= 0.6 is 0 Å². The topological polar surface area (TPSA) is 103 Å². The fraction of sp³-hybridized carbons (Fsp3) is 0.269. The number of amides is 1. The first-order valence-corrected chi connectivity index (χ1v) is 12.8. The molecule has 4 rings (SSSR count). The molecule has 1 aliphatic heterocycles. The van der Waals surface area contributed by atoms with Gasteiger partial charge < -0.3 is 24.3 Å². The van der Waals surface area contributed by atoms with Crippen LogP contribution in [-0.4, -0.2) is 48.3 Å². The average molecular weight is 513 g/mol. The lowest BCUT2D eigenvalue weighted by Gasteiger charge is -2.27. The molecule has 1 N–H and O–H groups in total. The minimum atomic E-state index is -4.12. The van der Waals surface area contributed by atoms with Gasteiger partial charge in [-0.15, -0.1) is 0 Å². The molecule has 1 aliphatic rings. The van der Waals surface area contributed by atoms with Crippen molar-refractivity contribution in [2.45, 2.75) is 17.9 Å². The molecule has 0 radical (unpaired) electrons. The van der Waals surface area contributed by atoms with Gasteiger partial charge in [0, 0.05) is 6.07 Å². The molecule has 9 nitrogen and oxygen atoms in total. The van der Waals surface area contributed by atoms with Gasteiger partial charge in [0.15, 0.2) is 11.5 Å². The van der Waals surface area contributed by atoms with Gasteiger partial charge in [0.1, 0.15) is 31.3 Å². The van der Waals surface area contributed by atoms with Gasteiger partial charge in [-0.2, -0.15) is 0 Å². The molecule has 0 aromatic heterocycles. The lowest BCUT2D eigenvalue weighted by Crippen LogP contribution is -2.41. The fourth-order valence-electron chi connectivity index (χ4n) is 3.84. The Balaban J connectivity index is 1.64. The Morgan fingerprint density at radius 3 is 2.39 bits per heavy atom. The van der Waals surface area contributed by atoms with Crippen molar-refractivity contribution in [1.82, 2.24) is 5.32 Å². The van der Waals surface area contributed by atoms with Crippen LogP contribution in [0, 0.1) is 0 Å². The van der Waals surface area contributed by atoms with E-state index in [1.54, 1.807) is 36.4 Å². The number of methoxy groups -OCH3 is 2. The lowest BCUT2D eigenvalue weighted by atomic mass is 10.1. The van der Waals surface area contributed by atoms with Crippen molar-refractivity contribution in [2.24, 2.45) is 0 Å². The van der Waals surface area contributed by atoms with Crippen LogP contribution in [-0.2, 0) is 14.8 Å². The largest absolute Gasteiger partial charge is 0.497 e. The number of nitrogens with one attached hydrogen (secondary N) is 1. The number of nitrogens with zero attached hydrogens (tertiary/aromatic N) is 1. The molecule has 10 heteroatoms. The molecule has 190 valence electrons. The molecule has 0 saturated heterocycles. The van der Waals surface area contributed by atoms with Crippen molar-refractivity contribution in [3.63, 3.8) is 0 Å². The maximum Gasteiger partial charge on any atom is 0.264 e. The molecule has 1 heterocycles. The van der Waals surface area contributed by atoms with E-state index in [0.29, 0.717) is 30.5 Å². The predicted octanol–water partition coefficient (Wildman–Crippen LogP) is 3.55. The fourth-order valence-corrected chi connectivity index (χ4v) is 5.29. The van der Waals surface area contributed by atoms with Crippen LogP contribution in [0.15, 0.2) is 71.6 Å².